The third kappa shape index (κ3) is 5.28. The third-order valence-corrected chi connectivity index (χ3v) is 3.96. The smallest absolute Gasteiger partial charge is 0.357 e. The molecule has 30 heavy (non-hydrogen) atoms. The number of esters is 1. The zero-order valence-electron chi connectivity index (χ0n) is 16.6. The molecule has 0 aliphatic heterocycles. The van der Waals surface area contributed by atoms with E-state index in [0.717, 1.165) is 5.56 Å². The molecule has 9 heteroatoms. The Morgan fingerprint density at radius 1 is 1.10 bits per heavy atom. The number of carbonyl (C=O) groups excluding carboxylic acids is 2. The van der Waals surface area contributed by atoms with Gasteiger partial charge in [-0.05, 0) is 48.0 Å². The average Bonchev–Trinajstić information content (AvgIpc) is 3.18. The molecule has 3 aromatic rings. The van der Waals surface area contributed by atoms with E-state index in [9.17, 15) is 9.59 Å². The largest absolute Gasteiger partial charge is 0.492 e. The number of tetrazole rings is 1. The normalized spacial score (nSPS) is 11.1. The van der Waals surface area contributed by atoms with Gasteiger partial charge in [0.1, 0.15) is 5.75 Å². The van der Waals surface area contributed by atoms with Gasteiger partial charge in [0.25, 0.3) is 5.91 Å². The molecule has 1 heterocycles. The van der Waals surface area contributed by atoms with E-state index in [0.29, 0.717) is 23.9 Å². The van der Waals surface area contributed by atoms with Crippen molar-refractivity contribution < 1.29 is 19.1 Å². The number of nitrogens with one attached hydrogen (secondary N) is 1. The maximum absolute atomic E-state index is 12.7. The number of ether oxygens (including phenoxy) is 2. The molecule has 2 aromatic carbocycles. The molecular formula is C21H21N5O4. The Labute approximate surface area is 173 Å². The molecule has 0 aliphatic rings. The number of para-hydroxylation sites is 2. The number of aryl methyl sites for hydroxylation is 1. The molecule has 0 saturated carbocycles. The molecule has 0 aliphatic carbocycles. The van der Waals surface area contributed by atoms with Crippen LogP contribution in [0.3, 0.4) is 0 Å². The molecule has 0 radical (unpaired) electrons. The summed E-state index contributed by atoms with van der Waals surface area (Å²) in [6.07, 6.45) is 1.59. The quantitative estimate of drug-likeness (QED) is 0.451. The fraction of sp³-hybridized carbons (Fsp3) is 0.190. The molecule has 0 spiro atoms. The number of nitrogens with zero attached hydrogens (tertiary/aromatic N) is 4. The van der Waals surface area contributed by atoms with Crippen LogP contribution in [0, 0.1) is 6.92 Å². The molecule has 1 aromatic heterocycles. The molecule has 3 rings (SSSR count). The summed E-state index contributed by atoms with van der Waals surface area (Å²) >= 11 is 0. The van der Waals surface area contributed by atoms with Crippen molar-refractivity contribution in [3.63, 3.8) is 0 Å². The molecule has 0 atom stereocenters. The molecule has 0 fully saturated rings. The van der Waals surface area contributed by atoms with E-state index >= 15 is 0 Å². The molecule has 1 N–H and O–H groups in total. The van der Waals surface area contributed by atoms with Crippen molar-refractivity contribution in [2.45, 2.75) is 13.8 Å². The highest BCUT2D eigenvalue weighted by Gasteiger charge is 2.19. The van der Waals surface area contributed by atoms with E-state index in [1.807, 2.05) is 37.3 Å². The SMILES string of the molecule is CCOc1ccccc1NC(=O)COC(=O)/C(=C/c1ccccc1)n1nnnc1C. The number of hydrogen-bond acceptors (Lipinski definition) is 7. The molecule has 0 unspecified atom stereocenters. The summed E-state index contributed by atoms with van der Waals surface area (Å²) in [6, 6.07) is 16.2. The predicted octanol–water partition coefficient (Wildman–Crippen LogP) is 2.56. The van der Waals surface area contributed by atoms with E-state index in [1.54, 1.807) is 37.3 Å². The van der Waals surface area contributed by atoms with Crippen molar-refractivity contribution in [3.8, 4) is 5.75 Å². The first-order chi connectivity index (χ1) is 14.6. The maximum Gasteiger partial charge on any atom is 0.357 e. The lowest BCUT2D eigenvalue weighted by Crippen LogP contribution is -2.23. The number of anilines is 1. The van der Waals surface area contributed by atoms with Gasteiger partial charge in [-0.1, -0.05) is 42.5 Å². The Morgan fingerprint density at radius 2 is 1.83 bits per heavy atom. The number of benzene rings is 2. The number of hydrogen-bond donors (Lipinski definition) is 1. The monoisotopic (exact) mass is 407 g/mol. The lowest BCUT2D eigenvalue weighted by Gasteiger charge is -2.12. The molecule has 1 amide bonds. The van der Waals surface area contributed by atoms with Crippen LogP contribution in [0.2, 0.25) is 0 Å². The highest BCUT2D eigenvalue weighted by atomic mass is 16.5. The van der Waals surface area contributed by atoms with Gasteiger partial charge in [-0.3, -0.25) is 4.79 Å². The maximum atomic E-state index is 12.7. The van der Waals surface area contributed by atoms with E-state index in [4.69, 9.17) is 9.47 Å². The summed E-state index contributed by atoms with van der Waals surface area (Å²) in [5.74, 6) is -0.289. The molecule has 9 nitrogen and oxygen atoms in total. The second kappa shape index (κ2) is 9.97. The minimum absolute atomic E-state index is 0.0891. The van der Waals surface area contributed by atoms with Gasteiger partial charge in [0, 0.05) is 0 Å². The third-order valence-electron chi connectivity index (χ3n) is 3.96. The van der Waals surface area contributed by atoms with Crippen LogP contribution in [0.5, 0.6) is 5.75 Å². The van der Waals surface area contributed by atoms with Crippen molar-refractivity contribution in [2.24, 2.45) is 0 Å². The summed E-state index contributed by atoms with van der Waals surface area (Å²) in [5, 5.41) is 13.9. The van der Waals surface area contributed by atoms with Crippen molar-refractivity contribution in [2.75, 3.05) is 18.5 Å². The van der Waals surface area contributed by atoms with Crippen LogP contribution in [-0.2, 0) is 14.3 Å². The summed E-state index contributed by atoms with van der Waals surface area (Å²) in [4.78, 5) is 25.0. The Bertz CT molecular complexity index is 1050. The summed E-state index contributed by atoms with van der Waals surface area (Å²) in [6.45, 7) is 3.48. The van der Waals surface area contributed by atoms with Crippen LogP contribution in [0.4, 0.5) is 5.69 Å². The van der Waals surface area contributed by atoms with Crippen molar-refractivity contribution in [3.05, 3.63) is 66.0 Å². The van der Waals surface area contributed by atoms with Crippen LogP contribution < -0.4 is 10.1 Å². The number of amides is 1. The molecule has 0 saturated heterocycles. The van der Waals surface area contributed by atoms with E-state index in [2.05, 4.69) is 20.8 Å². The molecule has 154 valence electrons. The number of carbonyl (C=O) groups is 2. The summed E-state index contributed by atoms with van der Waals surface area (Å²) in [7, 11) is 0. The number of aromatic nitrogens is 4. The average molecular weight is 407 g/mol. The molecular weight excluding hydrogens is 386 g/mol. The van der Waals surface area contributed by atoms with Crippen molar-refractivity contribution in [1.82, 2.24) is 20.2 Å². The first-order valence-electron chi connectivity index (χ1n) is 9.29. The second-order valence-corrected chi connectivity index (χ2v) is 6.13. The van der Waals surface area contributed by atoms with Gasteiger partial charge in [0.2, 0.25) is 0 Å². The summed E-state index contributed by atoms with van der Waals surface area (Å²) < 4.78 is 11.9. The van der Waals surface area contributed by atoms with Gasteiger partial charge < -0.3 is 14.8 Å². The standard InChI is InChI=1S/C21H21N5O4/c1-3-29-19-12-8-7-11-17(19)22-20(27)14-30-21(28)18(26-15(2)23-24-25-26)13-16-9-5-4-6-10-16/h4-13H,3,14H2,1-2H3,(H,22,27)/b18-13-. The fourth-order valence-corrected chi connectivity index (χ4v) is 2.61. The first kappa shape index (κ1) is 20.7. The zero-order valence-corrected chi connectivity index (χ0v) is 16.6. The van der Waals surface area contributed by atoms with Gasteiger partial charge >= 0.3 is 5.97 Å². The predicted molar refractivity (Wildman–Crippen MR) is 110 cm³/mol. The second-order valence-electron chi connectivity index (χ2n) is 6.13. The number of rotatable bonds is 8. The van der Waals surface area contributed by atoms with E-state index < -0.39 is 18.5 Å². The van der Waals surface area contributed by atoms with Crippen LogP contribution in [0.1, 0.15) is 18.3 Å². The van der Waals surface area contributed by atoms with Gasteiger partial charge in [-0.25, -0.2) is 4.79 Å². The van der Waals surface area contributed by atoms with Crippen LogP contribution in [0.15, 0.2) is 54.6 Å². The fourth-order valence-electron chi connectivity index (χ4n) is 2.61. The van der Waals surface area contributed by atoms with Gasteiger partial charge in [-0.15, -0.1) is 5.10 Å². The highest BCUT2D eigenvalue weighted by Crippen LogP contribution is 2.23. The Kier molecular flexibility index (Phi) is 6.88. The minimum atomic E-state index is -0.734. The molecule has 0 bridgehead atoms. The zero-order chi connectivity index (χ0) is 21.3. The summed E-state index contributed by atoms with van der Waals surface area (Å²) in [5.41, 5.74) is 1.34. The van der Waals surface area contributed by atoms with Crippen molar-refractivity contribution >= 4 is 29.3 Å². The Balaban J connectivity index is 1.72. The Hall–Kier alpha value is -4.01. The van der Waals surface area contributed by atoms with Gasteiger partial charge in [0.05, 0.1) is 12.3 Å². The lowest BCUT2D eigenvalue weighted by atomic mass is 10.2. The lowest BCUT2D eigenvalue weighted by molar-refractivity contribution is -0.141. The van der Waals surface area contributed by atoms with Crippen LogP contribution in [0.25, 0.3) is 11.8 Å². The van der Waals surface area contributed by atoms with Gasteiger partial charge in [-0.2, -0.15) is 4.68 Å². The van der Waals surface area contributed by atoms with Gasteiger partial charge in [0.15, 0.2) is 18.1 Å². The van der Waals surface area contributed by atoms with E-state index in [1.165, 1.54) is 4.68 Å². The first-order valence-corrected chi connectivity index (χ1v) is 9.29. The minimum Gasteiger partial charge on any atom is -0.492 e. The van der Waals surface area contributed by atoms with E-state index in [-0.39, 0.29) is 5.70 Å². The van der Waals surface area contributed by atoms with Crippen molar-refractivity contribution in [1.29, 1.82) is 0 Å². The van der Waals surface area contributed by atoms with Crippen LogP contribution in [-0.4, -0.2) is 45.3 Å². The topological polar surface area (TPSA) is 108 Å². The van der Waals surface area contributed by atoms with Crippen LogP contribution >= 0.6 is 0 Å². The Morgan fingerprint density at radius 3 is 2.53 bits per heavy atom. The highest BCUT2D eigenvalue weighted by molar-refractivity contribution is 6.15.